The molecule has 0 saturated heterocycles. The molecule has 0 saturated carbocycles. The maximum atomic E-state index is 12.7. The minimum atomic E-state index is -4.66. The first-order valence-electron chi connectivity index (χ1n) is 7.99. The molecule has 3 N–H and O–H groups in total. The third-order valence-corrected chi connectivity index (χ3v) is 3.12. The SMILES string of the molecule is CC(C)(C)N=C(NC(=O)c1ccc(C(F)(F)F)nc1)Nc1cc(C(F)(F)F)[nH]n1. The van der Waals surface area contributed by atoms with Crippen LogP contribution < -0.4 is 10.6 Å². The minimum Gasteiger partial charge on any atom is -0.309 e. The molecular formula is C16H16F6N6O. The second-order valence-electron chi connectivity index (χ2n) is 6.80. The second kappa shape index (κ2) is 7.72. The van der Waals surface area contributed by atoms with Crippen LogP contribution in [0.25, 0.3) is 0 Å². The number of amides is 1. The molecule has 1 amide bonds. The highest BCUT2D eigenvalue weighted by Gasteiger charge is 2.34. The Hall–Kier alpha value is -3.12. The summed E-state index contributed by atoms with van der Waals surface area (Å²) in [6.45, 7) is 4.98. The van der Waals surface area contributed by atoms with Crippen LogP contribution in [0.4, 0.5) is 32.2 Å². The summed E-state index contributed by atoms with van der Waals surface area (Å²) in [7, 11) is 0. The molecule has 13 heteroatoms. The van der Waals surface area contributed by atoms with Gasteiger partial charge in [-0.1, -0.05) is 0 Å². The number of pyridine rings is 1. The number of aromatic amines is 1. The Morgan fingerprint density at radius 2 is 1.72 bits per heavy atom. The van der Waals surface area contributed by atoms with Crippen molar-refractivity contribution < 1.29 is 31.1 Å². The van der Waals surface area contributed by atoms with Crippen molar-refractivity contribution in [2.75, 3.05) is 5.32 Å². The van der Waals surface area contributed by atoms with Crippen molar-refractivity contribution in [2.45, 2.75) is 38.7 Å². The van der Waals surface area contributed by atoms with E-state index in [0.29, 0.717) is 12.1 Å². The summed E-state index contributed by atoms with van der Waals surface area (Å²) in [5, 5.41) is 9.97. The molecule has 0 unspecified atom stereocenters. The molecule has 2 heterocycles. The minimum absolute atomic E-state index is 0.209. The van der Waals surface area contributed by atoms with Gasteiger partial charge in [0, 0.05) is 12.3 Å². The number of nitrogens with zero attached hydrogens (tertiary/aromatic N) is 3. The number of nitrogens with one attached hydrogen (secondary N) is 3. The number of halogens is 6. The number of anilines is 1. The van der Waals surface area contributed by atoms with E-state index in [1.165, 1.54) is 0 Å². The summed E-state index contributed by atoms with van der Waals surface area (Å²) >= 11 is 0. The summed E-state index contributed by atoms with van der Waals surface area (Å²) in [5.74, 6) is -1.39. The summed E-state index contributed by atoms with van der Waals surface area (Å²) in [6.07, 6.45) is -8.59. The Kier molecular flexibility index (Phi) is 5.90. The quantitative estimate of drug-likeness (QED) is 0.389. The molecule has 0 aliphatic carbocycles. The Balaban J connectivity index is 2.22. The smallest absolute Gasteiger partial charge is 0.309 e. The number of hydrogen-bond donors (Lipinski definition) is 3. The molecule has 2 aromatic heterocycles. The predicted molar refractivity (Wildman–Crippen MR) is 91.1 cm³/mol. The number of guanidine groups is 1. The number of carbonyl (C=O) groups excluding carboxylic acids is 1. The standard InChI is InChI=1S/C16H16F6N6O/c1-14(2,3)26-13(24-11-6-10(27-28-11)16(20,21)22)25-12(29)8-4-5-9(23-7-8)15(17,18)19/h4-7H,1-3H3,(H3,24,25,26,27,28,29). The molecule has 2 rings (SSSR count). The van der Waals surface area contributed by atoms with E-state index in [0.717, 1.165) is 12.3 Å². The fourth-order valence-corrected chi connectivity index (χ4v) is 1.95. The van der Waals surface area contributed by atoms with Crippen molar-refractivity contribution in [3.63, 3.8) is 0 Å². The van der Waals surface area contributed by atoms with Gasteiger partial charge in [-0.2, -0.15) is 31.4 Å². The molecule has 0 fully saturated rings. The van der Waals surface area contributed by atoms with E-state index in [2.05, 4.69) is 25.7 Å². The largest absolute Gasteiger partial charge is 0.433 e. The zero-order chi connectivity index (χ0) is 22.0. The second-order valence-corrected chi connectivity index (χ2v) is 6.80. The first-order chi connectivity index (χ1) is 13.1. The average Bonchev–Trinajstić information content (AvgIpc) is 3.01. The van der Waals surface area contributed by atoms with Gasteiger partial charge < -0.3 is 5.32 Å². The van der Waals surface area contributed by atoms with Crippen LogP contribution in [0.1, 0.15) is 42.5 Å². The number of hydrogen-bond acceptors (Lipinski definition) is 4. The summed E-state index contributed by atoms with van der Waals surface area (Å²) in [4.78, 5) is 19.6. The number of aromatic nitrogens is 3. The van der Waals surface area contributed by atoms with Crippen LogP contribution in [0, 0.1) is 0 Å². The fourth-order valence-electron chi connectivity index (χ4n) is 1.95. The van der Waals surface area contributed by atoms with Gasteiger partial charge in [0.2, 0.25) is 5.96 Å². The van der Waals surface area contributed by atoms with Gasteiger partial charge in [-0.25, -0.2) is 4.99 Å². The highest BCUT2D eigenvalue weighted by molar-refractivity contribution is 6.09. The number of carbonyl (C=O) groups is 1. The molecule has 2 aromatic rings. The van der Waals surface area contributed by atoms with Crippen LogP contribution in [0.5, 0.6) is 0 Å². The molecule has 29 heavy (non-hydrogen) atoms. The van der Waals surface area contributed by atoms with Crippen molar-refractivity contribution in [1.82, 2.24) is 20.5 Å². The lowest BCUT2D eigenvalue weighted by atomic mass is 10.1. The number of rotatable bonds is 2. The van der Waals surface area contributed by atoms with E-state index in [4.69, 9.17) is 0 Å². The van der Waals surface area contributed by atoms with Gasteiger partial charge in [0.25, 0.3) is 5.91 Å². The van der Waals surface area contributed by atoms with Crippen LogP contribution in [0.3, 0.4) is 0 Å². The van der Waals surface area contributed by atoms with Gasteiger partial charge in [-0.15, -0.1) is 0 Å². The van der Waals surface area contributed by atoms with Gasteiger partial charge in [0.15, 0.2) is 5.82 Å². The fraction of sp³-hybridized carbons (Fsp3) is 0.375. The van der Waals surface area contributed by atoms with E-state index < -0.39 is 35.2 Å². The Labute approximate surface area is 160 Å². The maximum absolute atomic E-state index is 12.7. The van der Waals surface area contributed by atoms with Crippen LogP contribution in [0.15, 0.2) is 29.4 Å². The first-order valence-corrected chi connectivity index (χ1v) is 7.99. The lowest BCUT2D eigenvalue weighted by Crippen LogP contribution is -2.38. The van der Waals surface area contributed by atoms with Crippen molar-refractivity contribution in [2.24, 2.45) is 4.99 Å². The Bertz CT molecular complexity index is 892. The summed E-state index contributed by atoms with van der Waals surface area (Å²) < 4.78 is 75.7. The summed E-state index contributed by atoms with van der Waals surface area (Å²) in [5.41, 5.74) is -3.25. The number of H-pyrrole nitrogens is 1. The van der Waals surface area contributed by atoms with Crippen molar-refractivity contribution in [3.05, 3.63) is 41.3 Å². The molecular weight excluding hydrogens is 406 g/mol. The zero-order valence-electron chi connectivity index (χ0n) is 15.3. The van der Waals surface area contributed by atoms with Crippen molar-refractivity contribution in [3.8, 4) is 0 Å². The Morgan fingerprint density at radius 1 is 1.07 bits per heavy atom. The van der Waals surface area contributed by atoms with Gasteiger partial charge in [0.1, 0.15) is 11.4 Å². The highest BCUT2D eigenvalue weighted by Crippen LogP contribution is 2.29. The zero-order valence-corrected chi connectivity index (χ0v) is 15.3. The van der Waals surface area contributed by atoms with Crippen molar-refractivity contribution >= 4 is 17.7 Å². The van der Waals surface area contributed by atoms with Crippen LogP contribution in [-0.2, 0) is 12.4 Å². The van der Waals surface area contributed by atoms with Gasteiger partial charge >= 0.3 is 12.4 Å². The lowest BCUT2D eigenvalue weighted by Gasteiger charge is -2.17. The molecule has 0 atom stereocenters. The molecule has 158 valence electrons. The Morgan fingerprint density at radius 3 is 2.17 bits per heavy atom. The maximum Gasteiger partial charge on any atom is 0.433 e. The summed E-state index contributed by atoms with van der Waals surface area (Å²) in [6, 6.07) is 2.21. The van der Waals surface area contributed by atoms with Crippen LogP contribution in [0.2, 0.25) is 0 Å². The molecule has 0 spiro atoms. The molecule has 0 aliphatic rings. The third kappa shape index (κ3) is 6.47. The highest BCUT2D eigenvalue weighted by atomic mass is 19.4. The van der Waals surface area contributed by atoms with Gasteiger partial charge in [-0.05, 0) is 32.9 Å². The van der Waals surface area contributed by atoms with E-state index in [1.54, 1.807) is 25.9 Å². The molecule has 0 bridgehead atoms. The number of alkyl halides is 6. The number of aliphatic imine (C=N–C) groups is 1. The first kappa shape index (κ1) is 22.2. The normalized spacial score (nSPS) is 13.3. The van der Waals surface area contributed by atoms with E-state index in [-0.39, 0.29) is 17.3 Å². The topological polar surface area (TPSA) is 95.1 Å². The van der Waals surface area contributed by atoms with Crippen LogP contribution >= 0.6 is 0 Å². The third-order valence-electron chi connectivity index (χ3n) is 3.12. The molecule has 0 aromatic carbocycles. The van der Waals surface area contributed by atoms with E-state index in [1.807, 2.05) is 0 Å². The average molecular weight is 422 g/mol. The molecule has 7 nitrogen and oxygen atoms in total. The lowest BCUT2D eigenvalue weighted by molar-refractivity contribution is -0.142. The molecule has 0 aliphatic heterocycles. The van der Waals surface area contributed by atoms with E-state index in [9.17, 15) is 31.1 Å². The van der Waals surface area contributed by atoms with Gasteiger partial charge in [0.05, 0.1) is 11.1 Å². The molecule has 0 radical (unpaired) electrons. The predicted octanol–water partition coefficient (Wildman–Crippen LogP) is 3.84. The van der Waals surface area contributed by atoms with Gasteiger partial charge in [-0.3, -0.25) is 20.2 Å². The monoisotopic (exact) mass is 422 g/mol. The van der Waals surface area contributed by atoms with E-state index >= 15 is 0 Å². The van der Waals surface area contributed by atoms with Crippen molar-refractivity contribution in [1.29, 1.82) is 0 Å². The van der Waals surface area contributed by atoms with Crippen LogP contribution in [-0.4, -0.2) is 32.6 Å².